The first kappa shape index (κ1) is 16.5. The fourth-order valence-electron chi connectivity index (χ4n) is 2.13. The van der Waals surface area contributed by atoms with Crippen LogP contribution in [0.2, 0.25) is 0 Å². The molecule has 0 radical (unpaired) electrons. The van der Waals surface area contributed by atoms with E-state index in [0.29, 0.717) is 26.8 Å². The molecule has 6 nitrogen and oxygen atoms in total. The Morgan fingerprint density at radius 2 is 2.00 bits per heavy atom. The van der Waals surface area contributed by atoms with Crippen LogP contribution in [0.5, 0.6) is 5.75 Å². The molecule has 1 aromatic carbocycles. The van der Waals surface area contributed by atoms with Gasteiger partial charge in [-0.25, -0.2) is 4.98 Å². The molecule has 0 bridgehead atoms. The van der Waals surface area contributed by atoms with E-state index >= 15 is 0 Å². The molecule has 3 rings (SSSR count). The van der Waals surface area contributed by atoms with Gasteiger partial charge in [0.15, 0.2) is 5.16 Å². The van der Waals surface area contributed by atoms with E-state index in [9.17, 15) is 9.59 Å². The zero-order chi connectivity index (χ0) is 17.1. The number of thiophene rings is 1. The Hall–Kier alpha value is -2.32. The zero-order valence-corrected chi connectivity index (χ0v) is 14.6. The van der Waals surface area contributed by atoms with Crippen LogP contribution in [0.15, 0.2) is 45.7 Å². The van der Waals surface area contributed by atoms with Crippen LogP contribution < -0.4 is 10.3 Å². The van der Waals surface area contributed by atoms with Gasteiger partial charge in [-0.1, -0.05) is 11.8 Å². The predicted octanol–water partition coefficient (Wildman–Crippen LogP) is 2.72. The van der Waals surface area contributed by atoms with Crippen molar-refractivity contribution in [2.24, 2.45) is 0 Å². The topological polar surface area (TPSA) is 70.4 Å². The van der Waals surface area contributed by atoms with Gasteiger partial charge in [-0.2, -0.15) is 0 Å². The molecule has 124 valence electrons. The lowest BCUT2D eigenvalue weighted by atomic mass is 10.3. The summed E-state index contributed by atoms with van der Waals surface area (Å²) in [5.41, 5.74) is 1.13. The number of carbonyl (C=O) groups excluding carboxylic acids is 1. The maximum absolute atomic E-state index is 12.9. The quantitative estimate of drug-likeness (QED) is 0.395. The van der Waals surface area contributed by atoms with Crippen LogP contribution in [0.25, 0.3) is 15.9 Å². The second-order valence-corrected chi connectivity index (χ2v) is 6.59. The molecule has 0 aliphatic rings. The molecular weight excluding hydrogens is 348 g/mol. The molecule has 0 saturated heterocycles. The van der Waals surface area contributed by atoms with Gasteiger partial charge in [-0.05, 0) is 35.7 Å². The van der Waals surface area contributed by atoms with Crippen LogP contribution in [0.4, 0.5) is 0 Å². The molecule has 0 amide bonds. The Balaban J connectivity index is 2.13. The number of methoxy groups -OCH3 is 2. The molecule has 24 heavy (non-hydrogen) atoms. The van der Waals surface area contributed by atoms with E-state index in [2.05, 4.69) is 9.72 Å². The first-order valence-corrected chi connectivity index (χ1v) is 8.85. The number of benzene rings is 1. The standard InChI is InChI=1S/C16H14N2O4S2/c1-21-11-5-3-10(4-6-11)18-15(20)14-12(7-8-23-14)17-16(18)24-9-13(19)22-2/h3-8H,9H2,1-2H3. The Morgan fingerprint density at radius 1 is 1.25 bits per heavy atom. The van der Waals surface area contributed by atoms with Crippen molar-refractivity contribution in [1.29, 1.82) is 0 Å². The molecular formula is C16H14N2O4S2. The third-order valence-electron chi connectivity index (χ3n) is 3.33. The van der Waals surface area contributed by atoms with Crippen LogP contribution in [-0.2, 0) is 9.53 Å². The molecule has 0 aliphatic carbocycles. The summed E-state index contributed by atoms with van der Waals surface area (Å²) in [4.78, 5) is 28.8. The number of thioether (sulfide) groups is 1. The number of carbonyl (C=O) groups is 1. The van der Waals surface area contributed by atoms with Crippen molar-refractivity contribution in [1.82, 2.24) is 9.55 Å². The van der Waals surface area contributed by atoms with Crippen molar-refractivity contribution in [3.63, 3.8) is 0 Å². The van der Waals surface area contributed by atoms with Gasteiger partial charge in [0.05, 0.1) is 31.2 Å². The molecule has 2 heterocycles. The van der Waals surface area contributed by atoms with E-state index < -0.39 is 0 Å². The molecule has 0 saturated carbocycles. The summed E-state index contributed by atoms with van der Waals surface area (Å²) in [5, 5.41) is 2.27. The molecule has 0 spiro atoms. The zero-order valence-electron chi connectivity index (χ0n) is 13.0. The van der Waals surface area contributed by atoms with Gasteiger partial charge in [0.2, 0.25) is 0 Å². The largest absolute Gasteiger partial charge is 0.497 e. The lowest BCUT2D eigenvalue weighted by Crippen LogP contribution is -2.21. The number of rotatable bonds is 5. The first-order chi connectivity index (χ1) is 11.6. The summed E-state index contributed by atoms with van der Waals surface area (Å²) in [5.74, 6) is 0.399. The normalized spacial score (nSPS) is 10.8. The van der Waals surface area contributed by atoms with Crippen LogP contribution >= 0.6 is 23.1 Å². The molecule has 3 aromatic rings. The van der Waals surface area contributed by atoms with Gasteiger partial charge < -0.3 is 9.47 Å². The average Bonchev–Trinajstić information content (AvgIpc) is 3.09. The summed E-state index contributed by atoms with van der Waals surface area (Å²) in [6.45, 7) is 0. The Bertz CT molecular complexity index is 931. The minimum Gasteiger partial charge on any atom is -0.497 e. The van der Waals surface area contributed by atoms with Crippen molar-refractivity contribution in [2.45, 2.75) is 5.16 Å². The van der Waals surface area contributed by atoms with Crippen molar-refractivity contribution in [2.75, 3.05) is 20.0 Å². The van der Waals surface area contributed by atoms with E-state index in [1.807, 2.05) is 5.38 Å². The Kier molecular flexibility index (Phi) is 4.86. The van der Waals surface area contributed by atoms with E-state index in [0.717, 1.165) is 0 Å². The van der Waals surface area contributed by atoms with Gasteiger partial charge in [0, 0.05) is 0 Å². The van der Waals surface area contributed by atoms with E-state index in [1.54, 1.807) is 37.4 Å². The van der Waals surface area contributed by atoms with Crippen LogP contribution in [0.3, 0.4) is 0 Å². The number of ether oxygens (including phenoxy) is 2. The highest BCUT2D eigenvalue weighted by atomic mass is 32.2. The van der Waals surface area contributed by atoms with Crippen LogP contribution in [-0.4, -0.2) is 35.5 Å². The monoisotopic (exact) mass is 362 g/mol. The number of hydrogen-bond donors (Lipinski definition) is 0. The Morgan fingerprint density at radius 3 is 2.67 bits per heavy atom. The van der Waals surface area contributed by atoms with Crippen molar-refractivity contribution in [3.8, 4) is 11.4 Å². The van der Waals surface area contributed by atoms with E-state index in [1.165, 1.54) is 34.8 Å². The molecule has 0 atom stereocenters. The molecule has 8 heteroatoms. The lowest BCUT2D eigenvalue weighted by molar-refractivity contribution is -0.137. The summed E-state index contributed by atoms with van der Waals surface area (Å²) in [7, 11) is 2.91. The van der Waals surface area contributed by atoms with E-state index in [4.69, 9.17) is 4.74 Å². The first-order valence-electron chi connectivity index (χ1n) is 6.98. The molecule has 2 aromatic heterocycles. The summed E-state index contributed by atoms with van der Waals surface area (Å²) < 4.78 is 11.9. The average molecular weight is 362 g/mol. The number of esters is 1. The number of fused-ring (bicyclic) bond motifs is 1. The lowest BCUT2D eigenvalue weighted by Gasteiger charge is -2.12. The van der Waals surface area contributed by atoms with E-state index in [-0.39, 0.29) is 17.3 Å². The third kappa shape index (κ3) is 3.15. The number of aromatic nitrogens is 2. The van der Waals surface area contributed by atoms with Gasteiger partial charge in [0.25, 0.3) is 5.56 Å². The molecule has 0 unspecified atom stereocenters. The summed E-state index contributed by atoms with van der Waals surface area (Å²) >= 11 is 2.51. The van der Waals surface area contributed by atoms with Crippen molar-refractivity contribution < 1.29 is 14.3 Å². The molecule has 0 aliphatic heterocycles. The number of hydrogen-bond acceptors (Lipinski definition) is 7. The van der Waals surface area contributed by atoms with Crippen molar-refractivity contribution in [3.05, 3.63) is 46.1 Å². The minimum atomic E-state index is -0.374. The fourth-order valence-corrected chi connectivity index (χ4v) is 3.73. The maximum Gasteiger partial charge on any atom is 0.316 e. The smallest absolute Gasteiger partial charge is 0.316 e. The predicted molar refractivity (Wildman–Crippen MR) is 94.5 cm³/mol. The number of nitrogens with zero attached hydrogens (tertiary/aromatic N) is 2. The second-order valence-electron chi connectivity index (χ2n) is 4.73. The molecule has 0 fully saturated rings. The van der Waals surface area contributed by atoms with Gasteiger partial charge in [-0.3, -0.25) is 14.2 Å². The highest BCUT2D eigenvalue weighted by molar-refractivity contribution is 7.99. The highest BCUT2D eigenvalue weighted by Crippen LogP contribution is 2.24. The second kappa shape index (κ2) is 7.06. The van der Waals surface area contributed by atoms with Gasteiger partial charge in [-0.15, -0.1) is 11.3 Å². The molecule has 0 N–H and O–H groups in total. The summed E-state index contributed by atoms with van der Waals surface area (Å²) in [6, 6.07) is 8.90. The van der Waals surface area contributed by atoms with Crippen LogP contribution in [0, 0.1) is 0 Å². The van der Waals surface area contributed by atoms with Crippen LogP contribution in [0.1, 0.15) is 0 Å². The summed E-state index contributed by atoms with van der Waals surface area (Å²) in [6.07, 6.45) is 0. The van der Waals surface area contributed by atoms with Crippen molar-refractivity contribution >= 4 is 39.3 Å². The minimum absolute atomic E-state index is 0.0781. The SMILES string of the molecule is COC(=O)CSc1nc2ccsc2c(=O)n1-c1ccc(OC)cc1. The Labute approximate surface area is 146 Å². The maximum atomic E-state index is 12.9. The van der Waals surface area contributed by atoms with Gasteiger partial charge in [0.1, 0.15) is 10.4 Å². The highest BCUT2D eigenvalue weighted by Gasteiger charge is 2.15. The third-order valence-corrected chi connectivity index (χ3v) is 5.13. The van der Waals surface area contributed by atoms with Gasteiger partial charge >= 0.3 is 5.97 Å². The fraction of sp³-hybridized carbons (Fsp3) is 0.188.